The van der Waals surface area contributed by atoms with E-state index in [9.17, 15) is 0 Å². The molecule has 0 radical (unpaired) electrons. The summed E-state index contributed by atoms with van der Waals surface area (Å²) in [6.07, 6.45) is 16.8. The molecule has 1 heteroatoms. The molecule has 3 rings (SSSR count). The molecule has 3 aliphatic rings. The summed E-state index contributed by atoms with van der Waals surface area (Å²) in [5, 5.41) is 0. The van der Waals surface area contributed by atoms with Crippen LogP contribution in [0.15, 0.2) is 17.1 Å². The van der Waals surface area contributed by atoms with Crippen molar-refractivity contribution in [3.05, 3.63) is 12.2 Å². The molecule has 0 aromatic heterocycles. The predicted molar refractivity (Wildman–Crippen MR) is 73.5 cm³/mol. The first-order valence-electron chi connectivity index (χ1n) is 7.51. The number of hydrogen-bond donors (Lipinski definition) is 0. The molecule has 1 saturated carbocycles. The van der Waals surface area contributed by atoms with Gasteiger partial charge in [0.05, 0.1) is 5.54 Å². The summed E-state index contributed by atoms with van der Waals surface area (Å²) < 4.78 is 0. The van der Waals surface area contributed by atoms with E-state index >= 15 is 0 Å². The topological polar surface area (TPSA) is 12.4 Å². The van der Waals surface area contributed by atoms with Gasteiger partial charge in [-0.1, -0.05) is 31.9 Å². The molecular weight excluding hydrogens is 206 g/mol. The zero-order valence-corrected chi connectivity index (χ0v) is 11.1. The van der Waals surface area contributed by atoms with Crippen LogP contribution < -0.4 is 0 Å². The third-order valence-corrected chi connectivity index (χ3v) is 5.10. The summed E-state index contributed by atoms with van der Waals surface area (Å²) in [6.45, 7) is 2.40. The molecule has 0 atom stereocenters. The van der Waals surface area contributed by atoms with Crippen molar-refractivity contribution in [2.45, 2.75) is 70.3 Å². The Morgan fingerprint density at radius 1 is 1.06 bits per heavy atom. The lowest BCUT2D eigenvalue weighted by Gasteiger charge is -2.42. The lowest BCUT2D eigenvalue weighted by molar-refractivity contribution is 0.303. The van der Waals surface area contributed by atoms with E-state index in [4.69, 9.17) is 4.99 Å². The van der Waals surface area contributed by atoms with Gasteiger partial charge in [0.25, 0.3) is 0 Å². The van der Waals surface area contributed by atoms with Crippen molar-refractivity contribution in [2.75, 3.05) is 0 Å². The van der Waals surface area contributed by atoms with Crippen LogP contribution in [0, 0.1) is 11.8 Å². The summed E-state index contributed by atoms with van der Waals surface area (Å²) in [5.41, 5.74) is 1.96. The van der Waals surface area contributed by atoms with Gasteiger partial charge < -0.3 is 0 Å². The molecule has 17 heavy (non-hydrogen) atoms. The Kier molecular flexibility index (Phi) is 3.10. The average molecular weight is 231 g/mol. The van der Waals surface area contributed by atoms with E-state index in [1.807, 2.05) is 0 Å². The maximum atomic E-state index is 5.10. The van der Waals surface area contributed by atoms with Crippen molar-refractivity contribution < 1.29 is 0 Å². The number of rotatable bonds is 1. The van der Waals surface area contributed by atoms with Gasteiger partial charge in [-0.25, -0.2) is 0 Å². The molecule has 0 N–H and O–H groups in total. The second-order valence-electron chi connectivity index (χ2n) is 6.51. The third kappa shape index (κ3) is 2.34. The second kappa shape index (κ2) is 4.59. The highest BCUT2D eigenvalue weighted by atomic mass is 15.0. The Morgan fingerprint density at radius 3 is 2.24 bits per heavy atom. The first-order chi connectivity index (χ1) is 8.27. The highest BCUT2D eigenvalue weighted by molar-refractivity contribution is 5.92. The van der Waals surface area contributed by atoms with Gasteiger partial charge in [0.1, 0.15) is 0 Å². The average Bonchev–Trinajstić information content (AvgIpc) is 2.54. The molecule has 0 aromatic carbocycles. The molecule has 0 bridgehead atoms. The van der Waals surface area contributed by atoms with E-state index in [1.165, 1.54) is 57.8 Å². The zero-order chi connectivity index (χ0) is 11.7. The highest BCUT2D eigenvalue weighted by Crippen LogP contribution is 2.43. The molecule has 94 valence electrons. The zero-order valence-electron chi connectivity index (χ0n) is 11.1. The molecule has 1 aliphatic heterocycles. The Hall–Kier alpha value is -0.590. The minimum atomic E-state index is 0.377. The van der Waals surface area contributed by atoms with Gasteiger partial charge in [0.2, 0.25) is 0 Å². The Balaban J connectivity index is 1.60. The Bertz CT molecular complexity index is 321. The molecule has 0 saturated heterocycles. The number of nitrogens with zero attached hydrogens (tertiary/aromatic N) is 1. The molecular formula is C16H25N. The summed E-state index contributed by atoms with van der Waals surface area (Å²) >= 11 is 0. The Labute approximate surface area is 105 Å². The van der Waals surface area contributed by atoms with Crippen LogP contribution in [-0.4, -0.2) is 11.3 Å². The smallest absolute Gasteiger partial charge is 0.0665 e. The van der Waals surface area contributed by atoms with Gasteiger partial charge >= 0.3 is 0 Å². The van der Waals surface area contributed by atoms with Crippen LogP contribution >= 0.6 is 0 Å². The van der Waals surface area contributed by atoms with Gasteiger partial charge in [-0.2, -0.15) is 0 Å². The lowest BCUT2D eigenvalue weighted by atomic mass is 9.71. The normalized spacial score (nSPS) is 36.2. The van der Waals surface area contributed by atoms with E-state index in [1.54, 1.807) is 5.71 Å². The van der Waals surface area contributed by atoms with Crippen molar-refractivity contribution in [3.8, 4) is 0 Å². The lowest BCUT2D eigenvalue weighted by Crippen LogP contribution is -2.43. The fraction of sp³-hybridized carbons (Fsp3) is 0.812. The fourth-order valence-electron chi connectivity index (χ4n) is 3.81. The van der Waals surface area contributed by atoms with Crippen molar-refractivity contribution in [3.63, 3.8) is 0 Å². The van der Waals surface area contributed by atoms with Crippen LogP contribution in [0.2, 0.25) is 0 Å². The monoisotopic (exact) mass is 231 g/mol. The largest absolute Gasteiger partial charge is 0.287 e. The summed E-state index contributed by atoms with van der Waals surface area (Å²) in [4.78, 5) is 5.10. The minimum absolute atomic E-state index is 0.377. The van der Waals surface area contributed by atoms with Gasteiger partial charge in [0.15, 0.2) is 0 Å². The quantitative estimate of drug-likeness (QED) is 0.588. The van der Waals surface area contributed by atoms with Gasteiger partial charge in [-0.15, -0.1) is 0 Å². The van der Waals surface area contributed by atoms with Crippen LogP contribution in [0.5, 0.6) is 0 Å². The van der Waals surface area contributed by atoms with Crippen LogP contribution in [0.25, 0.3) is 0 Å². The SMILES string of the molecule is CC1CCC(C2=NC3(CCC=CCC3)C2)CC1. The summed E-state index contributed by atoms with van der Waals surface area (Å²) in [7, 11) is 0. The van der Waals surface area contributed by atoms with Gasteiger partial charge in [-0.3, -0.25) is 4.99 Å². The first-order valence-corrected chi connectivity index (χ1v) is 7.51. The van der Waals surface area contributed by atoms with Gasteiger partial charge in [0, 0.05) is 12.1 Å². The molecule has 1 spiro atoms. The number of allylic oxidation sites excluding steroid dienone is 2. The van der Waals surface area contributed by atoms with Crippen LogP contribution in [0.3, 0.4) is 0 Å². The van der Waals surface area contributed by atoms with Crippen molar-refractivity contribution >= 4 is 5.71 Å². The van der Waals surface area contributed by atoms with E-state index in [2.05, 4.69) is 19.1 Å². The third-order valence-electron chi connectivity index (χ3n) is 5.10. The van der Waals surface area contributed by atoms with E-state index in [-0.39, 0.29) is 0 Å². The molecule has 1 nitrogen and oxygen atoms in total. The molecule has 0 amide bonds. The van der Waals surface area contributed by atoms with Crippen molar-refractivity contribution in [1.82, 2.24) is 0 Å². The standard InChI is InChI=1S/C16H25N/c1-13-6-8-14(9-7-13)15-12-16(17-15)10-4-2-3-5-11-16/h2-3,13-14H,4-12H2,1H3. The second-order valence-corrected chi connectivity index (χ2v) is 6.51. The van der Waals surface area contributed by atoms with Crippen molar-refractivity contribution in [1.29, 1.82) is 0 Å². The Morgan fingerprint density at radius 2 is 1.65 bits per heavy atom. The maximum absolute atomic E-state index is 5.10. The van der Waals surface area contributed by atoms with Crippen LogP contribution in [0.4, 0.5) is 0 Å². The van der Waals surface area contributed by atoms with Gasteiger partial charge in [-0.05, 0) is 50.4 Å². The number of aliphatic imine (C=N–C) groups is 1. The fourth-order valence-corrected chi connectivity index (χ4v) is 3.81. The van der Waals surface area contributed by atoms with Crippen LogP contribution in [0.1, 0.15) is 64.7 Å². The number of hydrogen-bond acceptors (Lipinski definition) is 1. The van der Waals surface area contributed by atoms with Crippen LogP contribution in [-0.2, 0) is 0 Å². The molecule has 2 aliphatic carbocycles. The molecule has 1 fully saturated rings. The minimum Gasteiger partial charge on any atom is -0.287 e. The van der Waals surface area contributed by atoms with E-state index in [0.29, 0.717) is 5.54 Å². The molecule has 1 heterocycles. The predicted octanol–water partition coefficient (Wildman–Crippen LogP) is 4.53. The summed E-state index contributed by atoms with van der Waals surface area (Å²) in [6, 6.07) is 0. The summed E-state index contributed by atoms with van der Waals surface area (Å²) in [5.74, 6) is 1.82. The maximum Gasteiger partial charge on any atom is 0.0665 e. The molecule has 0 aromatic rings. The van der Waals surface area contributed by atoms with E-state index in [0.717, 1.165) is 11.8 Å². The molecule has 0 unspecified atom stereocenters. The van der Waals surface area contributed by atoms with Crippen molar-refractivity contribution in [2.24, 2.45) is 16.8 Å². The first kappa shape index (κ1) is 11.5. The highest BCUT2D eigenvalue weighted by Gasteiger charge is 2.41. The van der Waals surface area contributed by atoms with E-state index < -0.39 is 0 Å².